The number of aryl methyl sites for hydroxylation is 1. The smallest absolute Gasteiger partial charge is 0.303 e. The van der Waals surface area contributed by atoms with Crippen LogP contribution in [0, 0.1) is 12.3 Å². The van der Waals surface area contributed by atoms with Crippen LogP contribution in [0.25, 0.3) is 0 Å². The average molecular weight is 479 g/mol. The summed E-state index contributed by atoms with van der Waals surface area (Å²) in [6, 6.07) is 10.9. The molecule has 9 heteroatoms. The van der Waals surface area contributed by atoms with Crippen LogP contribution in [-0.2, 0) is 19.6 Å². The number of rotatable bonds is 8. The van der Waals surface area contributed by atoms with Gasteiger partial charge in [0.15, 0.2) is 0 Å². The Labute approximate surface area is 193 Å². The molecule has 0 aromatic heterocycles. The second kappa shape index (κ2) is 9.92. The molecule has 32 heavy (non-hydrogen) atoms. The van der Waals surface area contributed by atoms with Crippen LogP contribution in [0.5, 0.6) is 0 Å². The highest BCUT2D eigenvalue weighted by Gasteiger charge is 2.36. The lowest BCUT2D eigenvalue weighted by molar-refractivity contribution is -0.140. The van der Waals surface area contributed by atoms with Gasteiger partial charge in [0.05, 0.1) is 17.0 Å². The Hall–Kier alpha value is -2.58. The first kappa shape index (κ1) is 24.1. The van der Waals surface area contributed by atoms with Crippen molar-refractivity contribution in [3.05, 3.63) is 53.1 Å². The second-order valence-electron chi connectivity index (χ2n) is 8.45. The van der Waals surface area contributed by atoms with Crippen molar-refractivity contribution in [2.75, 3.05) is 10.0 Å². The monoisotopic (exact) mass is 478 g/mol. The zero-order valence-electron chi connectivity index (χ0n) is 17.9. The molecule has 0 atom stereocenters. The van der Waals surface area contributed by atoms with E-state index in [2.05, 4.69) is 10.0 Å². The number of sulfonamides is 1. The van der Waals surface area contributed by atoms with Crippen LogP contribution in [0.3, 0.4) is 0 Å². The molecule has 0 heterocycles. The molecule has 7 nitrogen and oxygen atoms in total. The summed E-state index contributed by atoms with van der Waals surface area (Å²) < 4.78 is 28.1. The molecule has 1 saturated carbocycles. The number of hydrogen-bond donors (Lipinski definition) is 3. The van der Waals surface area contributed by atoms with Crippen molar-refractivity contribution >= 4 is 44.9 Å². The van der Waals surface area contributed by atoms with E-state index in [1.165, 1.54) is 18.2 Å². The Bertz CT molecular complexity index is 1110. The highest BCUT2D eigenvalue weighted by molar-refractivity contribution is 7.92. The van der Waals surface area contributed by atoms with E-state index in [1.807, 2.05) is 0 Å². The highest BCUT2D eigenvalue weighted by atomic mass is 35.5. The number of nitrogens with one attached hydrogen (secondary N) is 2. The number of halogens is 1. The molecule has 2 aromatic carbocycles. The van der Waals surface area contributed by atoms with Gasteiger partial charge in [-0.25, -0.2) is 8.42 Å². The number of carbonyl (C=O) groups is 2. The van der Waals surface area contributed by atoms with Crippen molar-refractivity contribution in [2.24, 2.45) is 5.41 Å². The summed E-state index contributed by atoms with van der Waals surface area (Å²) >= 11 is 5.93. The van der Waals surface area contributed by atoms with Gasteiger partial charge < -0.3 is 10.4 Å². The number of benzene rings is 2. The van der Waals surface area contributed by atoms with Crippen LogP contribution in [0.15, 0.2) is 47.4 Å². The second-order valence-corrected chi connectivity index (χ2v) is 10.6. The summed E-state index contributed by atoms with van der Waals surface area (Å²) in [5, 5.41) is 12.5. The number of carboxylic acid groups (broad SMARTS) is 1. The van der Waals surface area contributed by atoms with Gasteiger partial charge in [-0.05, 0) is 61.1 Å². The van der Waals surface area contributed by atoms with Crippen LogP contribution in [-0.4, -0.2) is 25.4 Å². The zero-order valence-corrected chi connectivity index (χ0v) is 19.4. The molecular formula is C23H27ClN2O5S. The first-order chi connectivity index (χ1) is 15.1. The van der Waals surface area contributed by atoms with Crippen molar-refractivity contribution in [3.63, 3.8) is 0 Å². The Morgan fingerprint density at radius 1 is 1.06 bits per heavy atom. The van der Waals surface area contributed by atoms with Crippen LogP contribution >= 0.6 is 11.6 Å². The summed E-state index contributed by atoms with van der Waals surface area (Å²) in [5.41, 5.74) is 0.859. The third-order valence-corrected chi connectivity index (χ3v) is 7.46. The first-order valence-electron chi connectivity index (χ1n) is 10.5. The van der Waals surface area contributed by atoms with E-state index in [9.17, 15) is 23.1 Å². The van der Waals surface area contributed by atoms with E-state index in [0.29, 0.717) is 34.8 Å². The van der Waals surface area contributed by atoms with E-state index < -0.39 is 21.4 Å². The summed E-state index contributed by atoms with van der Waals surface area (Å²) in [4.78, 5) is 24.2. The Morgan fingerprint density at radius 3 is 2.44 bits per heavy atom. The molecule has 172 valence electrons. The largest absolute Gasteiger partial charge is 0.481 e. The van der Waals surface area contributed by atoms with Crippen molar-refractivity contribution in [2.45, 2.75) is 56.8 Å². The molecule has 0 radical (unpaired) electrons. The normalized spacial score (nSPS) is 15.7. The summed E-state index contributed by atoms with van der Waals surface area (Å²) in [5.74, 6) is -1.22. The topological polar surface area (TPSA) is 113 Å². The maximum absolute atomic E-state index is 12.8. The molecule has 3 N–H and O–H groups in total. The minimum Gasteiger partial charge on any atom is -0.481 e. The van der Waals surface area contributed by atoms with Gasteiger partial charge in [-0.15, -0.1) is 0 Å². The molecule has 1 aliphatic rings. The van der Waals surface area contributed by atoms with Gasteiger partial charge in [0.1, 0.15) is 0 Å². The number of aliphatic carboxylic acids is 1. The number of amides is 1. The summed E-state index contributed by atoms with van der Waals surface area (Å²) in [6.07, 6.45) is 4.30. The van der Waals surface area contributed by atoms with E-state index >= 15 is 0 Å². The third-order valence-electron chi connectivity index (χ3n) is 5.85. The maximum Gasteiger partial charge on any atom is 0.303 e. The molecule has 0 bridgehead atoms. The van der Waals surface area contributed by atoms with E-state index in [4.69, 9.17) is 11.6 Å². The molecule has 3 rings (SSSR count). The minimum absolute atomic E-state index is 0.00343. The number of carboxylic acids is 1. The van der Waals surface area contributed by atoms with Crippen LogP contribution in [0.4, 0.5) is 11.4 Å². The number of anilines is 2. The third kappa shape index (κ3) is 6.23. The van der Waals surface area contributed by atoms with Crippen LogP contribution in [0.1, 0.15) is 50.5 Å². The molecule has 1 aliphatic carbocycles. The van der Waals surface area contributed by atoms with Crippen LogP contribution < -0.4 is 10.0 Å². The molecule has 0 spiro atoms. The summed E-state index contributed by atoms with van der Waals surface area (Å²) in [7, 11) is -3.90. The molecule has 1 fully saturated rings. The van der Waals surface area contributed by atoms with Crippen LogP contribution in [0.2, 0.25) is 5.02 Å². The molecule has 0 unspecified atom stereocenters. The van der Waals surface area contributed by atoms with Crippen molar-refractivity contribution in [1.29, 1.82) is 0 Å². The molecule has 2 aromatic rings. The number of hydrogen-bond acceptors (Lipinski definition) is 4. The molecule has 1 amide bonds. The van der Waals surface area contributed by atoms with Gasteiger partial charge in [-0.1, -0.05) is 43.0 Å². The molecule has 0 saturated heterocycles. The maximum atomic E-state index is 12.8. The predicted molar refractivity (Wildman–Crippen MR) is 124 cm³/mol. The quantitative estimate of drug-likeness (QED) is 0.482. The summed E-state index contributed by atoms with van der Waals surface area (Å²) in [6.45, 7) is 1.77. The van der Waals surface area contributed by atoms with Gasteiger partial charge in [-0.2, -0.15) is 0 Å². The Kier molecular flexibility index (Phi) is 7.46. The molecular weight excluding hydrogens is 452 g/mol. The van der Waals surface area contributed by atoms with Gasteiger partial charge in [0, 0.05) is 17.1 Å². The fourth-order valence-electron chi connectivity index (χ4n) is 4.24. The van der Waals surface area contributed by atoms with E-state index in [1.54, 1.807) is 31.2 Å². The standard InChI is InChI=1S/C23H27ClN2O5S/c1-16-8-9-19(32(30,31)26-18-7-5-6-17(24)12-18)13-20(16)25-21(27)14-23(15-22(28)29)10-3-2-4-11-23/h5-9,12-13,26H,2-4,10-11,14-15H2,1H3,(H,25,27)(H,28,29). The first-order valence-corrected chi connectivity index (χ1v) is 12.4. The average Bonchev–Trinajstić information content (AvgIpc) is 2.69. The van der Waals surface area contributed by atoms with Gasteiger partial charge in [0.2, 0.25) is 5.91 Å². The lowest BCUT2D eigenvalue weighted by Gasteiger charge is -2.35. The van der Waals surface area contributed by atoms with E-state index in [-0.39, 0.29) is 23.6 Å². The van der Waals surface area contributed by atoms with Crippen molar-refractivity contribution < 1.29 is 23.1 Å². The van der Waals surface area contributed by atoms with Gasteiger partial charge in [0.25, 0.3) is 10.0 Å². The van der Waals surface area contributed by atoms with E-state index in [0.717, 1.165) is 19.3 Å². The van der Waals surface area contributed by atoms with Gasteiger partial charge in [-0.3, -0.25) is 14.3 Å². The highest BCUT2D eigenvalue weighted by Crippen LogP contribution is 2.42. The number of carbonyl (C=O) groups excluding carboxylic acids is 1. The van der Waals surface area contributed by atoms with Crippen molar-refractivity contribution in [1.82, 2.24) is 0 Å². The predicted octanol–water partition coefficient (Wildman–Crippen LogP) is 5.20. The van der Waals surface area contributed by atoms with Gasteiger partial charge >= 0.3 is 5.97 Å². The lowest BCUT2D eigenvalue weighted by atomic mass is 9.69. The Balaban J connectivity index is 1.77. The fraction of sp³-hybridized carbons (Fsp3) is 0.391. The zero-order chi connectivity index (χ0) is 23.4. The molecule has 0 aliphatic heterocycles. The Morgan fingerprint density at radius 2 is 1.78 bits per heavy atom. The fourth-order valence-corrected chi connectivity index (χ4v) is 5.51. The van der Waals surface area contributed by atoms with Crippen molar-refractivity contribution in [3.8, 4) is 0 Å². The lowest BCUT2D eigenvalue weighted by Crippen LogP contribution is -2.32. The minimum atomic E-state index is -3.90. The SMILES string of the molecule is Cc1ccc(S(=O)(=O)Nc2cccc(Cl)c2)cc1NC(=O)CC1(CC(=O)O)CCCCC1.